The van der Waals surface area contributed by atoms with E-state index < -0.39 is 5.60 Å². The number of hydrogen-bond acceptors (Lipinski definition) is 3. The second-order valence-electron chi connectivity index (χ2n) is 5.72. The maximum Gasteiger partial charge on any atom is 0.0766 e. The second-order valence-corrected chi connectivity index (χ2v) is 6.70. The van der Waals surface area contributed by atoms with E-state index in [0.29, 0.717) is 12.6 Å². The van der Waals surface area contributed by atoms with Crippen molar-refractivity contribution < 1.29 is 5.11 Å². The molecule has 96 valence electrons. The zero-order valence-electron chi connectivity index (χ0n) is 10.9. The largest absolute Gasteiger partial charge is 0.389 e. The molecule has 1 aromatic heterocycles. The van der Waals surface area contributed by atoms with E-state index in [1.165, 1.54) is 17.7 Å². The van der Waals surface area contributed by atoms with Crippen molar-refractivity contribution in [2.45, 2.75) is 45.3 Å². The molecule has 1 aromatic rings. The number of rotatable bonds is 6. The summed E-state index contributed by atoms with van der Waals surface area (Å²) in [5.41, 5.74) is -0.621. The van der Waals surface area contributed by atoms with Gasteiger partial charge in [0.25, 0.3) is 0 Å². The van der Waals surface area contributed by atoms with Gasteiger partial charge in [0.15, 0.2) is 0 Å². The molecule has 0 saturated heterocycles. The highest BCUT2D eigenvalue weighted by atomic mass is 32.1. The normalized spacial score (nSPS) is 21.5. The molecule has 2 unspecified atom stereocenters. The standard InChI is InChI=1S/C14H23NOS/c1-10(2)14(3,16)9-15-13(11-6-7-11)12-5-4-8-17-12/h4-5,8,10-11,13,15-16H,6-7,9H2,1-3H3. The van der Waals surface area contributed by atoms with E-state index in [0.717, 1.165) is 5.92 Å². The van der Waals surface area contributed by atoms with Crippen LogP contribution in [0.4, 0.5) is 0 Å². The average Bonchev–Trinajstić information content (AvgIpc) is 2.94. The molecule has 1 fully saturated rings. The highest BCUT2D eigenvalue weighted by Crippen LogP contribution is 2.42. The Labute approximate surface area is 108 Å². The third-order valence-electron chi connectivity index (χ3n) is 3.87. The van der Waals surface area contributed by atoms with Crippen LogP contribution in [0.25, 0.3) is 0 Å². The topological polar surface area (TPSA) is 32.3 Å². The lowest BCUT2D eigenvalue weighted by atomic mass is 9.92. The van der Waals surface area contributed by atoms with Crippen LogP contribution in [0, 0.1) is 11.8 Å². The van der Waals surface area contributed by atoms with Gasteiger partial charge in [0, 0.05) is 17.5 Å². The van der Waals surface area contributed by atoms with Gasteiger partial charge in [-0.15, -0.1) is 11.3 Å². The molecular weight excluding hydrogens is 230 g/mol. The molecule has 3 heteroatoms. The molecule has 17 heavy (non-hydrogen) atoms. The fraction of sp³-hybridized carbons (Fsp3) is 0.714. The summed E-state index contributed by atoms with van der Waals surface area (Å²) in [5.74, 6) is 1.05. The number of thiophene rings is 1. The molecular formula is C14H23NOS. The van der Waals surface area contributed by atoms with Crippen molar-refractivity contribution in [1.82, 2.24) is 5.32 Å². The molecule has 1 heterocycles. The summed E-state index contributed by atoms with van der Waals surface area (Å²) in [6.45, 7) is 6.73. The van der Waals surface area contributed by atoms with Crippen LogP contribution in [0.5, 0.6) is 0 Å². The zero-order valence-corrected chi connectivity index (χ0v) is 11.8. The number of hydrogen-bond donors (Lipinski definition) is 2. The minimum absolute atomic E-state index is 0.276. The Bertz CT molecular complexity index is 341. The monoisotopic (exact) mass is 253 g/mol. The number of nitrogens with one attached hydrogen (secondary N) is 1. The van der Waals surface area contributed by atoms with Crippen molar-refractivity contribution in [3.8, 4) is 0 Å². The maximum atomic E-state index is 10.3. The van der Waals surface area contributed by atoms with Gasteiger partial charge in [-0.1, -0.05) is 19.9 Å². The van der Waals surface area contributed by atoms with E-state index >= 15 is 0 Å². The lowest BCUT2D eigenvalue weighted by Gasteiger charge is -2.30. The molecule has 0 spiro atoms. The minimum atomic E-state index is -0.621. The van der Waals surface area contributed by atoms with Gasteiger partial charge in [0.2, 0.25) is 0 Å². The Morgan fingerprint density at radius 2 is 2.24 bits per heavy atom. The predicted molar refractivity (Wildman–Crippen MR) is 73.2 cm³/mol. The van der Waals surface area contributed by atoms with E-state index in [1.807, 2.05) is 18.3 Å². The molecule has 2 nitrogen and oxygen atoms in total. The summed E-state index contributed by atoms with van der Waals surface area (Å²) < 4.78 is 0. The summed E-state index contributed by atoms with van der Waals surface area (Å²) in [4.78, 5) is 1.41. The molecule has 0 bridgehead atoms. The van der Waals surface area contributed by atoms with Crippen molar-refractivity contribution in [3.05, 3.63) is 22.4 Å². The Hall–Kier alpha value is -0.380. The highest BCUT2D eigenvalue weighted by Gasteiger charge is 2.34. The van der Waals surface area contributed by atoms with Crippen LogP contribution in [-0.2, 0) is 0 Å². The zero-order chi connectivity index (χ0) is 12.5. The smallest absolute Gasteiger partial charge is 0.0766 e. The van der Waals surface area contributed by atoms with Crippen LogP contribution in [0.15, 0.2) is 17.5 Å². The van der Waals surface area contributed by atoms with Crippen molar-refractivity contribution in [3.63, 3.8) is 0 Å². The summed E-state index contributed by atoms with van der Waals surface area (Å²) in [6.07, 6.45) is 2.64. The predicted octanol–water partition coefficient (Wildman–Crippen LogP) is 3.20. The van der Waals surface area contributed by atoms with Crippen LogP contribution in [0.3, 0.4) is 0 Å². The maximum absolute atomic E-state index is 10.3. The van der Waals surface area contributed by atoms with E-state index in [-0.39, 0.29) is 5.92 Å². The lowest BCUT2D eigenvalue weighted by Crippen LogP contribution is -2.43. The van der Waals surface area contributed by atoms with Gasteiger partial charge in [-0.3, -0.25) is 0 Å². The first-order valence-corrected chi connectivity index (χ1v) is 7.38. The highest BCUT2D eigenvalue weighted by molar-refractivity contribution is 7.10. The van der Waals surface area contributed by atoms with Crippen LogP contribution >= 0.6 is 11.3 Å². The molecule has 1 saturated carbocycles. The average molecular weight is 253 g/mol. The van der Waals surface area contributed by atoms with Crippen molar-refractivity contribution in [1.29, 1.82) is 0 Å². The molecule has 1 aliphatic carbocycles. The van der Waals surface area contributed by atoms with Crippen LogP contribution in [0.2, 0.25) is 0 Å². The molecule has 1 aliphatic rings. The third kappa shape index (κ3) is 3.30. The minimum Gasteiger partial charge on any atom is -0.389 e. The van der Waals surface area contributed by atoms with Gasteiger partial charge in [0.1, 0.15) is 0 Å². The third-order valence-corrected chi connectivity index (χ3v) is 4.82. The molecule has 0 amide bonds. The summed E-state index contributed by atoms with van der Waals surface area (Å²) in [7, 11) is 0. The fourth-order valence-electron chi connectivity index (χ4n) is 1.92. The molecule has 0 aromatic carbocycles. The first-order chi connectivity index (χ1) is 8.00. The van der Waals surface area contributed by atoms with Gasteiger partial charge >= 0.3 is 0 Å². The van der Waals surface area contributed by atoms with Crippen LogP contribution in [0.1, 0.15) is 44.5 Å². The first kappa shape index (κ1) is 13.1. The van der Waals surface area contributed by atoms with E-state index in [1.54, 1.807) is 0 Å². The molecule has 2 atom stereocenters. The summed E-state index contributed by atoms with van der Waals surface area (Å²) in [5, 5.41) is 16.0. The molecule has 2 N–H and O–H groups in total. The second kappa shape index (κ2) is 5.09. The van der Waals surface area contributed by atoms with Gasteiger partial charge < -0.3 is 10.4 Å². The van der Waals surface area contributed by atoms with Gasteiger partial charge in [-0.05, 0) is 43.0 Å². The molecule has 0 radical (unpaired) electrons. The Morgan fingerprint density at radius 3 is 2.71 bits per heavy atom. The van der Waals surface area contributed by atoms with Crippen LogP contribution < -0.4 is 5.32 Å². The quantitative estimate of drug-likeness (QED) is 0.816. The molecule has 0 aliphatic heterocycles. The Balaban J connectivity index is 1.95. The van der Waals surface area contributed by atoms with Crippen LogP contribution in [-0.4, -0.2) is 17.3 Å². The van der Waals surface area contributed by atoms with Gasteiger partial charge in [-0.2, -0.15) is 0 Å². The Kier molecular flexibility index (Phi) is 3.91. The summed E-state index contributed by atoms with van der Waals surface area (Å²) in [6, 6.07) is 4.75. The van der Waals surface area contributed by atoms with E-state index in [9.17, 15) is 5.11 Å². The Morgan fingerprint density at radius 1 is 1.53 bits per heavy atom. The van der Waals surface area contributed by atoms with Gasteiger partial charge in [0.05, 0.1) is 5.60 Å². The first-order valence-electron chi connectivity index (χ1n) is 6.50. The van der Waals surface area contributed by atoms with E-state index in [4.69, 9.17) is 0 Å². The lowest BCUT2D eigenvalue weighted by molar-refractivity contribution is 0.0112. The van der Waals surface area contributed by atoms with Gasteiger partial charge in [-0.25, -0.2) is 0 Å². The molecule has 2 rings (SSSR count). The van der Waals surface area contributed by atoms with Crippen molar-refractivity contribution in [2.24, 2.45) is 11.8 Å². The summed E-state index contributed by atoms with van der Waals surface area (Å²) >= 11 is 1.81. The van der Waals surface area contributed by atoms with E-state index in [2.05, 4.69) is 36.7 Å². The van der Waals surface area contributed by atoms with Crippen molar-refractivity contribution in [2.75, 3.05) is 6.54 Å². The SMILES string of the molecule is CC(C)C(C)(O)CNC(c1cccs1)C1CC1. The number of aliphatic hydroxyl groups is 1. The van der Waals surface area contributed by atoms with Crippen molar-refractivity contribution >= 4 is 11.3 Å². The fourth-order valence-corrected chi connectivity index (χ4v) is 2.81.